The van der Waals surface area contributed by atoms with Gasteiger partial charge in [0.2, 0.25) is 5.91 Å². The third-order valence-corrected chi connectivity index (χ3v) is 3.66. The molecule has 0 atom stereocenters. The van der Waals surface area contributed by atoms with Gasteiger partial charge in [-0.15, -0.1) is 6.42 Å². The minimum atomic E-state index is -0.229. The van der Waals surface area contributed by atoms with Crippen molar-refractivity contribution in [1.29, 1.82) is 0 Å². The van der Waals surface area contributed by atoms with Crippen LogP contribution in [0.5, 0.6) is 0 Å². The van der Waals surface area contributed by atoms with Crippen LogP contribution in [0.3, 0.4) is 0 Å². The molecule has 2 rings (SSSR count). The first-order chi connectivity index (χ1) is 7.63. The lowest BCUT2D eigenvalue weighted by atomic mass is 9.75. The molecule has 88 valence electrons. The van der Waals surface area contributed by atoms with Gasteiger partial charge in [0.25, 0.3) is 0 Å². The molecule has 2 N–H and O–H groups in total. The molecule has 0 radical (unpaired) electrons. The Morgan fingerprint density at radius 1 is 1.50 bits per heavy atom. The largest absolute Gasteiger partial charge is 0.331 e. The SMILES string of the molecule is C#CCN(CC1CC1)C(=O)CC1(N)CCC1. The van der Waals surface area contributed by atoms with Crippen LogP contribution >= 0.6 is 0 Å². The second-order valence-corrected chi connectivity index (χ2v) is 5.31. The minimum absolute atomic E-state index is 0.145. The van der Waals surface area contributed by atoms with Gasteiger partial charge in [-0.3, -0.25) is 4.79 Å². The average molecular weight is 220 g/mol. The van der Waals surface area contributed by atoms with Crippen LogP contribution in [-0.2, 0) is 4.79 Å². The van der Waals surface area contributed by atoms with Crippen LogP contribution in [0.4, 0.5) is 0 Å². The Morgan fingerprint density at radius 3 is 2.62 bits per heavy atom. The topological polar surface area (TPSA) is 46.3 Å². The van der Waals surface area contributed by atoms with Gasteiger partial charge in [0, 0.05) is 18.5 Å². The highest BCUT2D eigenvalue weighted by atomic mass is 16.2. The molecule has 2 saturated carbocycles. The third kappa shape index (κ3) is 2.76. The molecule has 0 aromatic rings. The van der Waals surface area contributed by atoms with E-state index in [4.69, 9.17) is 12.2 Å². The molecule has 0 spiro atoms. The van der Waals surface area contributed by atoms with Crippen molar-refractivity contribution < 1.29 is 4.79 Å². The molecule has 0 unspecified atom stereocenters. The molecule has 2 fully saturated rings. The zero-order valence-corrected chi connectivity index (χ0v) is 9.74. The van der Waals surface area contributed by atoms with Crippen molar-refractivity contribution in [2.45, 2.75) is 44.1 Å². The number of hydrogen-bond donors (Lipinski definition) is 1. The van der Waals surface area contributed by atoms with Gasteiger partial charge in [0.1, 0.15) is 0 Å². The Hall–Kier alpha value is -1.01. The van der Waals surface area contributed by atoms with Crippen LogP contribution in [0.15, 0.2) is 0 Å². The van der Waals surface area contributed by atoms with Crippen molar-refractivity contribution in [3.8, 4) is 12.3 Å². The van der Waals surface area contributed by atoms with Gasteiger partial charge >= 0.3 is 0 Å². The number of carbonyl (C=O) groups excluding carboxylic acids is 1. The quantitative estimate of drug-likeness (QED) is 0.706. The Bertz CT molecular complexity index is 310. The molecule has 3 heteroatoms. The lowest BCUT2D eigenvalue weighted by molar-refractivity contribution is -0.132. The molecule has 1 amide bonds. The molecule has 2 aliphatic rings. The summed E-state index contributed by atoms with van der Waals surface area (Å²) in [7, 11) is 0. The summed E-state index contributed by atoms with van der Waals surface area (Å²) in [6, 6.07) is 0. The second-order valence-electron chi connectivity index (χ2n) is 5.31. The van der Waals surface area contributed by atoms with Crippen molar-refractivity contribution >= 4 is 5.91 Å². The van der Waals surface area contributed by atoms with E-state index >= 15 is 0 Å². The zero-order chi connectivity index (χ0) is 11.6. The third-order valence-electron chi connectivity index (χ3n) is 3.66. The van der Waals surface area contributed by atoms with Crippen LogP contribution in [0.1, 0.15) is 38.5 Å². The number of carbonyl (C=O) groups is 1. The molecule has 0 aromatic heterocycles. The highest BCUT2D eigenvalue weighted by Crippen LogP contribution is 2.34. The van der Waals surface area contributed by atoms with E-state index in [1.807, 2.05) is 4.90 Å². The Morgan fingerprint density at radius 2 is 2.19 bits per heavy atom. The molecule has 2 aliphatic carbocycles. The van der Waals surface area contributed by atoms with E-state index < -0.39 is 0 Å². The predicted molar refractivity (Wildman–Crippen MR) is 63.5 cm³/mol. The summed E-state index contributed by atoms with van der Waals surface area (Å²) in [5.74, 6) is 3.40. The Labute approximate surface area is 97.4 Å². The van der Waals surface area contributed by atoms with E-state index in [-0.39, 0.29) is 11.4 Å². The summed E-state index contributed by atoms with van der Waals surface area (Å²) in [5.41, 5.74) is 5.86. The normalized spacial score (nSPS) is 22.0. The number of rotatable bonds is 5. The van der Waals surface area contributed by atoms with E-state index in [1.54, 1.807) is 0 Å². The molecule has 0 bridgehead atoms. The van der Waals surface area contributed by atoms with Gasteiger partial charge < -0.3 is 10.6 Å². The summed E-state index contributed by atoms with van der Waals surface area (Å²) in [6.45, 7) is 1.27. The lowest BCUT2D eigenvalue weighted by Gasteiger charge is -2.38. The van der Waals surface area contributed by atoms with Gasteiger partial charge in [-0.2, -0.15) is 0 Å². The van der Waals surface area contributed by atoms with Gasteiger partial charge in [0.15, 0.2) is 0 Å². The molecule has 0 saturated heterocycles. The van der Waals surface area contributed by atoms with E-state index in [0.717, 1.165) is 25.8 Å². The molecule has 0 heterocycles. The highest BCUT2D eigenvalue weighted by Gasteiger charge is 2.36. The predicted octanol–water partition coefficient (Wildman–Crippen LogP) is 1.13. The Balaban J connectivity index is 1.85. The van der Waals surface area contributed by atoms with Crippen LogP contribution < -0.4 is 5.73 Å². The van der Waals surface area contributed by atoms with E-state index in [1.165, 1.54) is 12.8 Å². The lowest BCUT2D eigenvalue weighted by Crippen LogP contribution is -2.50. The number of amides is 1. The Kier molecular flexibility index (Phi) is 3.20. The van der Waals surface area contributed by atoms with E-state index in [2.05, 4.69) is 5.92 Å². The molecule has 16 heavy (non-hydrogen) atoms. The first-order valence-corrected chi connectivity index (χ1v) is 6.13. The fourth-order valence-corrected chi connectivity index (χ4v) is 2.20. The maximum absolute atomic E-state index is 12.1. The molecule has 0 aromatic carbocycles. The maximum Gasteiger partial charge on any atom is 0.225 e. The fraction of sp³-hybridized carbons (Fsp3) is 0.769. The van der Waals surface area contributed by atoms with Gasteiger partial charge in [-0.1, -0.05) is 5.92 Å². The van der Waals surface area contributed by atoms with Gasteiger partial charge in [-0.05, 0) is 38.0 Å². The molecular formula is C13H20N2O. The average Bonchev–Trinajstić information content (AvgIpc) is 2.98. The maximum atomic E-state index is 12.1. The summed E-state index contributed by atoms with van der Waals surface area (Å²) in [5, 5.41) is 0. The van der Waals surface area contributed by atoms with Crippen LogP contribution in [-0.4, -0.2) is 29.4 Å². The monoisotopic (exact) mass is 220 g/mol. The van der Waals surface area contributed by atoms with Gasteiger partial charge in [-0.25, -0.2) is 0 Å². The summed E-state index contributed by atoms with van der Waals surface area (Å²) < 4.78 is 0. The van der Waals surface area contributed by atoms with Crippen LogP contribution in [0.2, 0.25) is 0 Å². The van der Waals surface area contributed by atoms with Crippen LogP contribution in [0.25, 0.3) is 0 Å². The number of nitrogens with two attached hydrogens (primary N) is 1. The smallest absolute Gasteiger partial charge is 0.225 e. The molecule has 0 aliphatic heterocycles. The second kappa shape index (κ2) is 4.47. The van der Waals surface area contributed by atoms with E-state index in [9.17, 15) is 4.79 Å². The van der Waals surface area contributed by atoms with Crippen LogP contribution in [0, 0.1) is 18.3 Å². The minimum Gasteiger partial charge on any atom is -0.331 e. The van der Waals surface area contributed by atoms with Crippen molar-refractivity contribution in [3.63, 3.8) is 0 Å². The fourth-order valence-electron chi connectivity index (χ4n) is 2.20. The number of nitrogens with zero attached hydrogens (tertiary/aromatic N) is 1. The summed E-state index contributed by atoms with van der Waals surface area (Å²) in [6.07, 6.45) is 11.4. The first-order valence-electron chi connectivity index (χ1n) is 6.13. The van der Waals surface area contributed by atoms with Gasteiger partial charge in [0.05, 0.1) is 6.54 Å². The van der Waals surface area contributed by atoms with Crippen molar-refractivity contribution in [2.75, 3.05) is 13.1 Å². The summed E-state index contributed by atoms with van der Waals surface area (Å²) in [4.78, 5) is 13.9. The first kappa shape index (κ1) is 11.5. The zero-order valence-electron chi connectivity index (χ0n) is 9.74. The molecule has 3 nitrogen and oxygen atoms in total. The van der Waals surface area contributed by atoms with Crippen molar-refractivity contribution in [1.82, 2.24) is 4.90 Å². The standard InChI is InChI=1S/C13H20N2O/c1-2-8-15(10-11-4-5-11)12(16)9-13(14)6-3-7-13/h1,11H,3-10,14H2. The highest BCUT2D eigenvalue weighted by molar-refractivity contribution is 5.78. The number of terminal acetylenes is 1. The molecular weight excluding hydrogens is 200 g/mol. The van der Waals surface area contributed by atoms with Crippen molar-refractivity contribution in [2.24, 2.45) is 11.7 Å². The summed E-state index contributed by atoms with van der Waals surface area (Å²) >= 11 is 0. The number of hydrogen-bond acceptors (Lipinski definition) is 2. The van der Waals surface area contributed by atoms with Crippen molar-refractivity contribution in [3.05, 3.63) is 0 Å². The van der Waals surface area contributed by atoms with E-state index in [0.29, 0.717) is 18.9 Å².